The third-order valence-corrected chi connectivity index (χ3v) is 1.50. The summed E-state index contributed by atoms with van der Waals surface area (Å²) in [5.41, 5.74) is 8.09. The highest BCUT2D eigenvalue weighted by Crippen LogP contribution is 2.03. The number of hydrogen-bond donors (Lipinski definition) is 0. The minimum Gasteiger partial charge on any atom is -0.252 e. The van der Waals surface area contributed by atoms with E-state index in [9.17, 15) is 4.91 Å². The lowest BCUT2D eigenvalue weighted by Crippen LogP contribution is -2.26. The van der Waals surface area contributed by atoms with Gasteiger partial charge in [-0.25, -0.2) is 0 Å². The van der Waals surface area contributed by atoms with Crippen molar-refractivity contribution in [2.75, 3.05) is 6.54 Å². The van der Waals surface area contributed by atoms with E-state index in [0.29, 0.717) is 6.54 Å². The van der Waals surface area contributed by atoms with E-state index in [1.165, 1.54) is 5.01 Å². The number of nitroso groups, excluding NO2 is 1. The Kier molecular flexibility index (Phi) is 5.73. The molecule has 0 rings (SSSR count). The van der Waals surface area contributed by atoms with Crippen molar-refractivity contribution in [2.24, 2.45) is 10.4 Å². The number of hydrogen-bond acceptors (Lipinski definition) is 3. The van der Waals surface area contributed by atoms with Crippen LogP contribution < -0.4 is 0 Å². The molecule has 0 aliphatic heterocycles. The average molecular weight is 171 g/mol. The third-order valence-electron chi connectivity index (χ3n) is 1.50. The molecule has 6 nitrogen and oxygen atoms in total. The monoisotopic (exact) mass is 171 g/mol. The summed E-state index contributed by atoms with van der Waals surface area (Å²) in [4.78, 5) is 12.8. The zero-order chi connectivity index (χ0) is 9.40. The van der Waals surface area contributed by atoms with Crippen LogP contribution >= 0.6 is 0 Å². The number of nitrogens with zero attached hydrogens (tertiary/aromatic N) is 5. The van der Waals surface area contributed by atoms with Crippen molar-refractivity contribution >= 4 is 0 Å². The SMILES string of the molecule is CCCCN(N=O)C(C)N=[N+]=[N-]. The van der Waals surface area contributed by atoms with Crippen LogP contribution in [0, 0.1) is 4.91 Å². The van der Waals surface area contributed by atoms with E-state index in [1.54, 1.807) is 6.92 Å². The standard InChI is InChI=1S/C6H13N5O/c1-3-4-5-11(10-12)6(2)8-9-7/h6H,3-5H2,1-2H3. The largest absolute Gasteiger partial charge is 0.252 e. The second-order valence-corrected chi connectivity index (χ2v) is 2.44. The van der Waals surface area contributed by atoms with E-state index in [-0.39, 0.29) is 0 Å². The summed E-state index contributed by atoms with van der Waals surface area (Å²) in [7, 11) is 0. The van der Waals surface area contributed by atoms with Gasteiger partial charge in [-0.2, -0.15) is 0 Å². The van der Waals surface area contributed by atoms with Gasteiger partial charge in [-0.15, -0.1) is 4.91 Å². The quantitative estimate of drug-likeness (QED) is 0.202. The van der Waals surface area contributed by atoms with Crippen molar-refractivity contribution < 1.29 is 0 Å². The van der Waals surface area contributed by atoms with Gasteiger partial charge in [0.05, 0.1) is 5.29 Å². The molecule has 0 spiro atoms. The molecule has 68 valence electrons. The summed E-state index contributed by atoms with van der Waals surface area (Å²) in [5.74, 6) is 0. The smallest absolute Gasteiger partial charge is 0.126 e. The minimum atomic E-state index is -0.487. The molecule has 0 N–H and O–H groups in total. The predicted molar refractivity (Wildman–Crippen MR) is 46.0 cm³/mol. The molecule has 0 aliphatic carbocycles. The molecule has 0 saturated carbocycles. The van der Waals surface area contributed by atoms with E-state index in [0.717, 1.165) is 12.8 Å². The van der Waals surface area contributed by atoms with Gasteiger partial charge >= 0.3 is 0 Å². The first-order valence-electron chi connectivity index (χ1n) is 3.90. The average Bonchev–Trinajstić information content (AvgIpc) is 2.06. The summed E-state index contributed by atoms with van der Waals surface area (Å²) < 4.78 is 0. The number of azide groups is 1. The van der Waals surface area contributed by atoms with Gasteiger partial charge in [0.2, 0.25) is 0 Å². The van der Waals surface area contributed by atoms with Crippen LogP contribution in [-0.4, -0.2) is 17.7 Å². The summed E-state index contributed by atoms with van der Waals surface area (Å²) in [6, 6.07) is 0. The van der Waals surface area contributed by atoms with E-state index in [1.807, 2.05) is 6.92 Å². The van der Waals surface area contributed by atoms with Gasteiger partial charge in [0.1, 0.15) is 6.17 Å². The molecule has 0 bridgehead atoms. The van der Waals surface area contributed by atoms with Crippen molar-refractivity contribution in [1.82, 2.24) is 5.01 Å². The van der Waals surface area contributed by atoms with Crippen LogP contribution in [0.1, 0.15) is 26.7 Å². The van der Waals surface area contributed by atoms with Crippen molar-refractivity contribution in [1.29, 1.82) is 0 Å². The fraction of sp³-hybridized carbons (Fsp3) is 1.00. The zero-order valence-electron chi connectivity index (χ0n) is 7.34. The molecule has 0 amide bonds. The fourth-order valence-corrected chi connectivity index (χ4v) is 0.750. The molecule has 0 aromatic carbocycles. The van der Waals surface area contributed by atoms with E-state index < -0.39 is 6.17 Å². The van der Waals surface area contributed by atoms with Gasteiger partial charge in [0.15, 0.2) is 0 Å². The lowest BCUT2D eigenvalue weighted by molar-refractivity contribution is 0.216. The predicted octanol–water partition coefficient (Wildman–Crippen LogP) is 2.43. The van der Waals surface area contributed by atoms with Crippen LogP contribution in [0.2, 0.25) is 0 Å². The van der Waals surface area contributed by atoms with Crippen LogP contribution in [0.3, 0.4) is 0 Å². The Morgan fingerprint density at radius 2 is 2.33 bits per heavy atom. The molecule has 0 aliphatic rings. The topological polar surface area (TPSA) is 81.4 Å². The maximum absolute atomic E-state index is 10.2. The van der Waals surface area contributed by atoms with Crippen molar-refractivity contribution in [2.45, 2.75) is 32.9 Å². The maximum Gasteiger partial charge on any atom is 0.126 e. The molecule has 6 heteroatoms. The van der Waals surface area contributed by atoms with Gasteiger partial charge in [0.25, 0.3) is 0 Å². The van der Waals surface area contributed by atoms with Crippen LogP contribution in [0.25, 0.3) is 10.4 Å². The molecule has 0 radical (unpaired) electrons. The third kappa shape index (κ3) is 3.78. The van der Waals surface area contributed by atoms with Crippen LogP contribution in [-0.2, 0) is 0 Å². The Labute approximate surface area is 71.1 Å². The molecule has 12 heavy (non-hydrogen) atoms. The Hall–Kier alpha value is -1.29. The highest BCUT2D eigenvalue weighted by Gasteiger charge is 2.09. The van der Waals surface area contributed by atoms with Gasteiger partial charge in [-0.3, -0.25) is 5.01 Å². The Morgan fingerprint density at radius 1 is 1.67 bits per heavy atom. The Morgan fingerprint density at radius 3 is 2.75 bits per heavy atom. The highest BCUT2D eigenvalue weighted by molar-refractivity contribution is 4.60. The first-order valence-corrected chi connectivity index (χ1v) is 3.90. The van der Waals surface area contributed by atoms with Crippen LogP contribution in [0.5, 0.6) is 0 Å². The zero-order valence-corrected chi connectivity index (χ0v) is 7.34. The molecule has 0 aromatic rings. The lowest BCUT2D eigenvalue weighted by atomic mass is 10.3. The molecule has 0 saturated heterocycles. The van der Waals surface area contributed by atoms with E-state index in [4.69, 9.17) is 5.53 Å². The summed E-state index contributed by atoms with van der Waals surface area (Å²) in [6.45, 7) is 4.19. The highest BCUT2D eigenvalue weighted by atomic mass is 16.3. The first-order chi connectivity index (χ1) is 5.76. The van der Waals surface area contributed by atoms with Gasteiger partial charge in [-0.1, -0.05) is 18.5 Å². The minimum absolute atomic E-state index is 0.487. The van der Waals surface area contributed by atoms with Gasteiger partial charge in [-0.05, 0) is 18.9 Å². The van der Waals surface area contributed by atoms with Crippen molar-refractivity contribution in [3.63, 3.8) is 0 Å². The molecule has 0 fully saturated rings. The second-order valence-electron chi connectivity index (χ2n) is 2.44. The Bertz CT molecular complexity index is 177. The number of unbranched alkanes of at least 4 members (excludes halogenated alkanes) is 1. The lowest BCUT2D eigenvalue weighted by Gasteiger charge is -2.17. The van der Waals surface area contributed by atoms with Crippen LogP contribution in [0.15, 0.2) is 10.4 Å². The van der Waals surface area contributed by atoms with Gasteiger partial charge < -0.3 is 0 Å². The molecule has 1 unspecified atom stereocenters. The van der Waals surface area contributed by atoms with Gasteiger partial charge in [0, 0.05) is 11.5 Å². The molecular weight excluding hydrogens is 158 g/mol. The Balaban J connectivity index is 3.94. The molecule has 1 atom stereocenters. The fourth-order valence-electron chi connectivity index (χ4n) is 0.750. The summed E-state index contributed by atoms with van der Waals surface area (Å²) in [6.07, 6.45) is 1.37. The molecule has 0 aromatic heterocycles. The normalized spacial score (nSPS) is 11.5. The molecule has 0 heterocycles. The van der Waals surface area contributed by atoms with Crippen molar-refractivity contribution in [3.05, 3.63) is 15.3 Å². The second kappa shape index (κ2) is 6.42. The van der Waals surface area contributed by atoms with Crippen molar-refractivity contribution in [3.8, 4) is 0 Å². The van der Waals surface area contributed by atoms with E-state index >= 15 is 0 Å². The summed E-state index contributed by atoms with van der Waals surface area (Å²) in [5, 5.41) is 7.36. The first kappa shape index (κ1) is 10.7. The van der Waals surface area contributed by atoms with E-state index in [2.05, 4.69) is 15.3 Å². The maximum atomic E-state index is 10.2. The summed E-state index contributed by atoms with van der Waals surface area (Å²) >= 11 is 0. The molecular formula is C6H13N5O. The van der Waals surface area contributed by atoms with Crippen LogP contribution in [0.4, 0.5) is 0 Å². The number of rotatable bonds is 6.